The summed E-state index contributed by atoms with van der Waals surface area (Å²) in [5, 5.41) is 15.5. The molecule has 8 heteroatoms. The second kappa shape index (κ2) is 10.5. The largest absolute Gasteiger partial charge is 0.444 e. The smallest absolute Gasteiger partial charge is 0.407 e. The number of rotatable bonds is 9. The van der Waals surface area contributed by atoms with Crippen LogP contribution in [0.4, 0.5) is 4.79 Å². The van der Waals surface area contributed by atoms with Crippen LogP contribution < -0.4 is 10.6 Å². The van der Waals surface area contributed by atoms with Gasteiger partial charge in [0.25, 0.3) is 0 Å². The van der Waals surface area contributed by atoms with E-state index in [2.05, 4.69) is 17.2 Å². The fraction of sp³-hybridized carbons (Fsp3) is 0.750. The zero-order chi connectivity index (χ0) is 21.5. The molecule has 0 saturated carbocycles. The number of hydrogen-bond donors (Lipinski definition) is 3. The van der Waals surface area contributed by atoms with Gasteiger partial charge in [0.1, 0.15) is 5.60 Å². The van der Waals surface area contributed by atoms with Gasteiger partial charge in [-0.2, -0.15) is 0 Å². The van der Waals surface area contributed by atoms with E-state index in [9.17, 15) is 19.5 Å². The summed E-state index contributed by atoms with van der Waals surface area (Å²) in [4.78, 5) is 37.7. The lowest BCUT2D eigenvalue weighted by atomic mass is 9.97. The molecule has 3 amide bonds. The molecule has 8 nitrogen and oxygen atoms in total. The maximum atomic E-state index is 12.2. The number of ether oxygens (including phenoxy) is 1. The molecule has 0 aromatic carbocycles. The SMILES string of the molecule is C=CC(=O)N(CC(C)C[C@H](NC(=O)OC(C)(C)C)C(C)O)C[C@@H]1CCNC1=O. The Balaban J connectivity index is 2.69. The molecule has 1 fully saturated rings. The Labute approximate surface area is 167 Å². The fourth-order valence-electron chi connectivity index (χ4n) is 3.19. The van der Waals surface area contributed by atoms with E-state index in [1.54, 1.807) is 32.6 Å². The van der Waals surface area contributed by atoms with Crippen LogP contribution in [0, 0.1) is 11.8 Å². The van der Waals surface area contributed by atoms with Crippen molar-refractivity contribution in [2.75, 3.05) is 19.6 Å². The van der Waals surface area contributed by atoms with Crippen LogP contribution in [0.15, 0.2) is 12.7 Å². The molecule has 28 heavy (non-hydrogen) atoms. The number of aliphatic hydroxyl groups excluding tert-OH is 1. The van der Waals surface area contributed by atoms with E-state index in [4.69, 9.17) is 4.74 Å². The Hall–Kier alpha value is -2.09. The number of alkyl carbamates (subject to hydrolysis) is 1. The van der Waals surface area contributed by atoms with Crippen molar-refractivity contribution in [1.82, 2.24) is 15.5 Å². The highest BCUT2D eigenvalue weighted by Crippen LogP contribution is 2.17. The molecule has 0 aliphatic carbocycles. The number of hydrogen-bond acceptors (Lipinski definition) is 5. The fourth-order valence-corrected chi connectivity index (χ4v) is 3.19. The maximum absolute atomic E-state index is 12.2. The van der Waals surface area contributed by atoms with Crippen molar-refractivity contribution in [2.45, 2.75) is 65.2 Å². The molecule has 1 heterocycles. The van der Waals surface area contributed by atoms with Crippen LogP contribution in [0.25, 0.3) is 0 Å². The van der Waals surface area contributed by atoms with Gasteiger partial charge in [-0.1, -0.05) is 13.5 Å². The van der Waals surface area contributed by atoms with Crippen molar-refractivity contribution in [2.24, 2.45) is 11.8 Å². The molecule has 0 spiro atoms. The molecule has 0 bridgehead atoms. The molecule has 3 N–H and O–H groups in total. The molecule has 1 aliphatic heterocycles. The normalized spacial score (nSPS) is 19.9. The number of carbonyl (C=O) groups is 3. The predicted octanol–water partition coefficient (Wildman–Crippen LogP) is 1.44. The Morgan fingerprint density at radius 2 is 2.07 bits per heavy atom. The van der Waals surface area contributed by atoms with Crippen molar-refractivity contribution in [3.63, 3.8) is 0 Å². The summed E-state index contributed by atoms with van der Waals surface area (Å²) in [6, 6.07) is -0.514. The minimum Gasteiger partial charge on any atom is -0.444 e. The second-order valence-electron chi connectivity index (χ2n) is 8.56. The van der Waals surface area contributed by atoms with Gasteiger partial charge in [-0.05, 0) is 52.5 Å². The second-order valence-corrected chi connectivity index (χ2v) is 8.56. The van der Waals surface area contributed by atoms with E-state index in [-0.39, 0.29) is 23.7 Å². The van der Waals surface area contributed by atoms with Crippen LogP contribution >= 0.6 is 0 Å². The Kier molecular flexibility index (Phi) is 8.94. The number of nitrogens with zero attached hydrogens (tertiary/aromatic N) is 1. The van der Waals surface area contributed by atoms with E-state index in [0.29, 0.717) is 32.5 Å². The summed E-state index contributed by atoms with van der Waals surface area (Å²) in [5.41, 5.74) is -0.631. The van der Waals surface area contributed by atoms with Crippen LogP contribution in [0.1, 0.15) is 47.5 Å². The van der Waals surface area contributed by atoms with E-state index in [1.807, 2.05) is 6.92 Å². The maximum Gasteiger partial charge on any atom is 0.407 e. The van der Waals surface area contributed by atoms with Gasteiger partial charge in [-0.3, -0.25) is 9.59 Å². The summed E-state index contributed by atoms with van der Waals surface area (Å²) in [7, 11) is 0. The number of amides is 3. The van der Waals surface area contributed by atoms with E-state index < -0.39 is 23.8 Å². The molecule has 4 atom stereocenters. The van der Waals surface area contributed by atoms with Crippen LogP contribution in [0.3, 0.4) is 0 Å². The van der Waals surface area contributed by atoms with Gasteiger partial charge in [-0.25, -0.2) is 4.79 Å². The van der Waals surface area contributed by atoms with Gasteiger partial charge >= 0.3 is 6.09 Å². The van der Waals surface area contributed by atoms with Gasteiger partial charge < -0.3 is 25.4 Å². The van der Waals surface area contributed by atoms with Gasteiger partial charge in [0.05, 0.1) is 18.1 Å². The Morgan fingerprint density at radius 1 is 1.43 bits per heavy atom. The summed E-state index contributed by atoms with van der Waals surface area (Å²) in [5.74, 6) is -0.519. The van der Waals surface area contributed by atoms with Gasteiger partial charge in [0.15, 0.2) is 0 Å². The summed E-state index contributed by atoms with van der Waals surface area (Å²) in [6.07, 6.45) is 1.02. The van der Waals surface area contributed by atoms with Gasteiger partial charge in [-0.15, -0.1) is 0 Å². The molecule has 1 rings (SSSR count). The molecule has 1 aliphatic rings. The third-order valence-electron chi connectivity index (χ3n) is 4.56. The lowest BCUT2D eigenvalue weighted by molar-refractivity contribution is -0.129. The molecular formula is C20H35N3O5. The van der Waals surface area contributed by atoms with Crippen molar-refractivity contribution in [3.8, 4) is 0 Å². The third-order valence-corrected chi connectivity index (χ3v) is 4.56. The number of aliphatic hydroxyl groups is 1. The zero-order valence-electron chi connectivity index (χ0n) is 17.7. The summed E-state index contributed by atoms with van der Waals surface area (Å²) < 4.78 is 5.25. The van der Waals surface area contributed by atoms with E-state index in [1.165, 1.54) is 6.08 Å². The monoisotopic (exact) mass is 397 g/mol. The first kappa shape index (κ1) is 23.9. The zero-order valence-corrected chi connectivity index (χ0v) is 17.7. The van der Waals surface area contributed by atoms with Crippen molar-refractivity contribution in [1.29, 1.82) is 0 Å². The molecule has 1 saturated heterocycles. The third kappa shape index (κ3) is 8.29. The van der Waals surface area contributed by atoms with E-state index in [0.717, 1.165) is 0 Å². The average Bonchev–Trinajstić information content (AvgIpc) is 2.96. The highest BCUT2D eigenvalue weighted by Gasteiger charge is 2.29. The quantitative estimate of drug-likeness (QED) is 0.510. The number of carbonyl (C=O) groups excluding carboxylic acids is 3. The van der Waals surface area contributed by atoms with Crippen LogP contribution in [-0.2, 0) is 14.3 Å². The molecule has 0 aromatic heterocycles. The van der Waals surface area contributed by atoms with Crippen LogP contribution in [0.2, 0.25) is 0 Å². The molecule has 160 valence electrons. The molecule has 0 radical (unpaired) electrons. The lowest BCUT2D eigenvalue weighted by Crippen LogP contribution is -2.46. The van der Waals surface area contributed by atoms with Crippen molar-refractivity contribution < 1.29 is 24.2 Å². The first-order chi connectivity index (χ1) is 12.9. The minimum absolute atomic E-state index is 0.0251. The van der Waals surface area contributed by atoms with Crippen molar-refractivity contribution in [3.05, 3.63) is 12.7 Å². The highest BCUT2D eigenvalue weighted by atomic mass is 16.6. The molecule has 2 unspecified atom stereocenters. The average molecular weight is 398 g/mol. The minimum atomic E-state index is -0.779. The topological polar surface area (TPSA) is 108 Å². The first-order valence-electron chi connectivity index (χ1n) is 9.79. The molecular weight excluding hydrogens is 362 g/mol. The standard InChI is InChI=1S/C20H35N3O5/c1-7-17(25)23(12-15-8-9-21-18(15)26)11-13(2)10-16(14(3)24)22-19(27)28-20(4,5)6/h7,13-16,24H,1,8-12H2,2-6H3,(H,21,26)(H,22,27)/t13?,14?,15-,16-/m0/s1. The Morgan fingerprint density at radius 3 is 2.54 bits per heavy atom. The van der Waals surface area contributed by atoms with Gasteiger partial charge in [0, 0.05) is 19.6 Å². The van der Waals surface area contributed by atoms with Crippen LogP contribution in [0.5, 0.6) is 0 Å². The van der Waals surface area contributed by atoms with Crippen molar-refractivity contribution >= 4 is 17.9 Å². The Bertz CT molecular complexity index is 571. The lowest BCUT2D eigenvalue weighted by Gasteiger charge is -2.30. The van der Waals surface area contributed by atoms with Crippen LogP contribution in [-0.4, -0.2) is 65.3 Å². The summed E-state index contributed by atoms with van der Waals surface area (Å²) >= 11 is 0. The van der Waals surface area contributed by atoms with Gasteiger partial charge in [0.2, 0.25) is 11.8 Å². The highest BCUT2D eigenvalue weighted by molar-refractivity contribution is 5.88. The predicted molar refractivity (Wildman–Crippen MR) is 107 cm³/mol. The summed E-state index contributed by atoms with van der Waals surface area (Å²) in [6.45, 7) is 13.7. The number of nitrogens with one attached hydrogen (secondary N) is 2. The molecule has 0 aromatic rings. The van der Waals surface area contributed by atoms with E-state index >= 15 is 0 Å². The first-order valence-corrected chi connectivity index (χ1v) is 9.79.